The van der Waals surface area contributed by atoms with E-state index in [9.17, 15) is 4.79 Å². The Morgan fingerprint density at radius 1 is 1.00 bits per heavy atom. The molecule has 0 spiro atoms. The third-order valence-corrected chi connectivity index (χ3v) is 6.21. The SMILES string of the molecule is COc1ccc(N=C2S/C(=C\c3ccc(Cl)cc3)C(=O)N2C(C)c2ccccc2)cc1. The van der Waals surface area contributed by atoms with Gasteiger partial charge in [-0.25, -0.2) is 4.99 Å². The fourth-order valence-electron chi connectivity index (χ4n) is 3.26. The van der Waals surface area contributed by atoms with E-state index < -0.39 is 0 Å². The number of hydrogen-bond acceptors (Lipinski definition) is 4. The molecule has 0 bridgehead atoms. The summed E-state index contributed by atoms with van der Waals surface area (Å²) >= 11 is 7.37. The minimum atomic E-state index is -0.158. The molecule has 0 N–H and O–H groups in total. The van der Waals surface area contributed by atoms with Crippen LogP contribution in [0.3, 0.4) is 0 Å². The number of halogens is 1. The lowest BCUT2D eigenvalue weighted by Crippen LogP contribution is -2.32. The van der Waals surface area contributed by atoms with Gasteiger partial charge in [0, 0.05) is 5.02 Å². The van der Waals surface area contributed by atoms with Gasteiger partial charge < -0.3 is 4.74 Å². The van der Waals surface area contributed by atoms with Gasteiger partial charge in [0.25, 0.3) is 5.91 Å². The Bertz CT molecular complexity index is 1130. The predicted octanol–water partition coefficient (Wildman–Crippen LogP) is 6.71. The van der Waals surface area contributed by atoms with Crippen LogP contribution in [0.2, 0.25) is 5.02 Å². The molecule has 0 radical (unpaired) electrons. The molecule has 4 rings (SSSR count). The lowest BCUT2D eigenvalue weighted by Gasteiger charge is -2.24. The maximum atomic E-state index is 13.4. The van der Waals surface area contributed by atoms with E-state index in [1.54, 1.807) is 12.0 Å². The molecule has 0 saturated carbocycles. The second-order valence-electron chi connectivity index (χ2n) is 7.02. The Balaban J connectivity index is 1.72. The molecule has 156 valence electrons. The Morgan fingerprint density at radius 2 is 1.68 bits per heavy atom. The smallest absolute Gasteiger partial charge is 0.267 e. The van der Waals surface area contributed by atoms with Crippen molar-refractivity contribution < 1.29 is 9.53 Å². The van der Waals surface area contributed by atoms with Crippen molar-refractivity contribution in [3.05, 3.63) is 99.9 Å². The topological polar surface area (TPSA) is 41.9 Å². The summed E-state index contributed by atoms with van der Waals surface area (Å²) in [6, 6.07) is 24.7. The molecular weight excluding hydrogens is 428 g/mol. The average Bonchev–Trinajstić information content (AvgIpc) is 3.10. The van der Waals surface area contributed by atoms with E-state index in [4.69, 9.17) is 21.3 Å². The number of carbonyl (C=O) groups is 1. The van der Waals surface area contributed by atoms with E-state index in [-0.39, 0.29) is 11.9 Å². The number of methoxy groups -OCH3 is 1. The first-order valence-electron chi connectivity index (χ1n) is 9.81. The zero-order valence-electron chi connectivity index (χ0n) is 17.2. The molecule has 1 aliphatic rings. The zero-order chi connectivity index (χ0) is 21.8. The van der Waals surface area contributed by atoms with E-state index in [0.717, 1.165) is 22.6 Å². The van der Waals surface area contributed by atoms with Crippen molar-refractivity contribution in [1.82, 2.24) is 4.90 Å². The second-order valence-corrected chi connectivity index (χ2v) is 8.46. The molecule has 1 aliphatic heterocycles. The predicted molar refractivity (Wildman–Crippen MR) is 129 cm³/mol. The van der Waals surface area contributed by atoms with Crippen molar-refractivity contribution in [2.45, 2.75) is 13.0 Å². The van der Waals surface area contributed by atoms with Crippen molar-refractivity contribution in [1.29, 1.82) is 0 Å². The van der Waals surface area contributed by atoms with Crippen LogP contribution in [-0.2, 0) is 4.79 Å². The van der Waals surface area contributed by atoms with Crippen molar-refractivity contribution in [3.8, 4) is 5.75 Å². The van der Waals surface area contributed by atoms with Crippen molar-refractivity contribution in [2.24, 2.45) is 4.99 Å². The first kappa shape index (κ1) is 21.2. The van der Waals surface area contributed by atoms with E-state index in [0.29, 0.717) is 15.1 Å². The number of benzene rings is 3. The van der Waals surface area contributed by atoms with Crippen LogP contribution in [0, 0.1) is 0 Å². The molecule has 1 unspecified atom stereocenters. The largest absolute Gasteiger partial charge is 0.497 e. The number of amides is 1. The van der Waals surface area contributed by atoms with Gasteiger partial charge in [-0.15, -0.1) is 0 Å². The summed E-state index contributed by atoms with van der Waals surface area (Å²) in [7, 11) is 1.63. The molecule has 3 aromatic rings. The Labute approximate surface area is 191 Å². The summed E-state index contributed by atoms with van der Waals surface area (Å²) in [5, 5.41) is 1.31. The number of nitrogens with zero attached hydrogens (tertiary/aromatic N) is 2. The summed E-state index contributed by atoms with van der Waals surface area (Å²) in [5.74, 6) is 0.695. The highest BCUT2D eigenvalue weighted by Gasteiger charge is 2.37. The quantitative estimate of drug-likeness (QED) is 0.407. The lowest BCUT2D eigenvalue weighted by molar-refractivity contribution is -0.123. The van der Waals surface area contributed by atoms with Gasteiger partial charge in [-0.2, -0.15) is 0 Å². The minimum absolute atomic E-state index is 0.0661. The molecule has 1 saturated heterocycles. The van der Waals surface area contributed by atoms with Crippen LogP contribution in [-0.4, -0.2) is 23.1 Å². The number of ether oxygens (including phenoxy) is 1. The van der Waals surface area contributed by atoms with E-state index in [1.807, 2.05) is 91.9 Å². The summed E-state index contributed by atoms with van der Waals surface area (Å²) in [6.45, 7) is 2.02. The number of rotatable bonds is 5. The van der Waals surface area contributed by atoms with Crippen LogP contribution in [0.15, 0.2) is 88.8 Å². The first-order valence-corrected chi connectivity index (χ1v) is 11.0. The number of thioether (sulfide) groups is 1. The summed E-state index contributed by atoms with van der Waals surface area (Å²) in [4.78, 5) is 20.6. The lowest BCUT2D eigenvalue weighted by atomic mass is 10.1. The van der Waals surface area contributed by atoms with Crippen LogP contribution in [0.25, 0.3) is 6.08 Å². The summed E-state index contributed by atoms with van der Waals surface area (Å²) in [5.41, 5.74) is 2.72. The van der Waals surface area contributed by atoms with Crippen molar-refractivity contribution in [3.63, 3.8) is 0 Å². The molecular formula is C25H21ClN2O2S. The highest BCUT2D eigenvalue weighted by molar-refractivity contribution is 8.18. The molecule has 0 aromatic heterocycles. The Kier molecular flexibility index (Phi) is 6.44. The Morgan fingerprint density at radius 3 is 2.32 bits per heavy atom. The number of carbonyl (C=O) groups excluding carboxylic acids is 1. The highest BCUT2D eigenvalue weighted by atomic mass is 35.5. The maximum absolute atomic E-state index is 13.4. The standard InChI is InChI=1S/C25H21ClN2O2S/c1-17(19-6-4-3-5-7-19)28-24(29)23(16-18-8-10-20(26)11-9-18)31-25(28)27-21-12-14-22(30-2)15-13-21/h3-17H,1-2H3/b23-16-,27-25?. The molecule has 1 fully saturated rings. The van der Waals surface area contributed by atoms with Crippen LogP contribution in [0.1, 0.15) is 24.1 Å². The summed E-state index contributed by atoms with van der Waals surface area (Å²) in [6.07, 6.45) is 1.88. The van der Waals surface area contributed by atoms with Crippen LogP contribution in [0.4, 0.5) is 5.69 Å². The monoisotopic (exact) mass is 448 g/mol. The van der Waals surface area contributed by atoms with Gasteiger partial charge in [-0.1, -0.05) is 54.1 Å². The molecule has 0 aliphatic carbocycles. The molecule has 3 aromatic carbocycles. The third-order valence-electron chi connectivity index (χ3n) is 4.97. The molecule has 1 amide bonds. The molecule has 1 atom stereocenters. The van der Waals surface area contributed by atoms with Gasteiger partial charge in [0.2, 0.25) is 0 Å². The Hall–Kier alpha value is -3.02. The first-order chi connectivity index (χ1) is 15.0. The number of amidine groups is 1. The molecule has 1 heterocycles. The average molecular weight is 449 g/mol. The fraction of sp³-hybridized carbons (Fsp3) is 0.120. The van der Waals surface area contributed by atoms with Gasteiger partial charge >= 0.3 is 0 Å². The van der Waals surface area contributed by atoms with Crippen LogP contribution >= 0.6 is 23.4 Å². The molecule has 4 nitrogen and oxygen atoms in total. The van der Waals surface area contributed by atoms with Crippen LogP contribution in [0.5, 0.6) is 5.75 Å². The number of aliphatic imine (C=N–C) groups is 1. The van der Waals surface area contributed by atoms with Crippen molar-refractivity contribution in [2.75, 3.05) is 7.11 Å². The normalized spacial score (nSPS) is 17.4. The van der Waals surface area contributed by atoms with E-state index in [2.05, 4.69) is 0 Å². The van der Waals surface area contributed by atoms with Crippen LogP contribution < -0.4 is 4.74 Å². The minimum Gasteiger partial charge on any atom is -0.497 e. The fourth-order valence-corrected chi connectivity index (χ4v) is 4.46. The van der Waals surface area contributed by atoms with E-state index in [1.165, 1.54) is 11.8 Å². The van der Waals surface area contributed by atoms with Gasteiger partial charge in [-0.05, 0) is 72.3 Å². The van der Waals surface area contributed by atoms with Gasteiger partial charge in [0.05, 0.1) is 23.7 Å². The molecule has 31 heavy (non-hydrogen) atoms. The third kappa shape index (κ3) is 4.84. The number of hydrogen-bond donors (Lipinski definition) is 0. The zero-order valence-corrected chi connectivity index (χ0v) is 18.7. The molecule has 6 heteroatoms. The van der Waals surface area contributed by atoms with Gasteiger partial charge in [0.1, 0.15) is 5.75 Å². The summed E-state index contributed by atoms with van der Waals surface area (Å²) < 4.78 is 5.23. The second kappa shape index (κ2) is 9.41. The highest BCUT2D eigenvalue weighted by Crippen LogP contribution is 2.39. The van der Waals surface area contributed by atoms with E-state index >= 15 is 0 Å². The van der Waals surface area contributed by atoms with Crippen molar-refractivity contribution >= 4 is 46.2 Å². The van der Waals surface area contributed by atoms with Gasteiger partial charge in [0.15, 0.2) is 5.17 Å². The maximum Gasteiger partial charge on any atom is 0.267 e. The van der Waals surface area contributed by atoms with Gasteiger partial charge in [-0.3, -0.25) is 9.69 Å².